The molecule has 0 fully saturated rings. The van der Waals surface area contributed by atoms with Crippen LogP contribution in [0.2, 0.25) is 5.02 Å². The van der Waals surface area contributed by atoms with E-state index in [0.29, 0.717) is 5.88 Å². The summed E-state index contributed by atoms with van der Waals surface area (Å²) >= 11 is 13.2. The number of thiophene rings is 1. The minimum Gasteiger partial charge on any atom is -0.143 e. The molecule has 0 amide bonds. The largest absolute Gasteiger partial charge is 0.143 e. The molecule has 0 aromatic carbocycles. The van der Waals surface area contributed by atoms with Crippen molar-refractivity contribution in [2.24, 2.45) is 0 Å². The van der Waals surface area contributed by atoms with E-state index in [-0.39, 0.29) is 0 Å². The van der Waals surface area contributed by atoms with Gasteiger partial charge >= 0.3 is 0 Å². The van der Waals surface area contributed by atoms with Crippen molar-refractivity contribution in [1.29, 1.82) is 0 Å². The van der Waals surface area contributed by atoms with Gasteiger partial charge in [-0.25, -0.2) is 0 Å². The first-order valence-corrected chi connectivity index (χ1v) is 5.51. The maximum atomic E-state index is 5.95. The highest BCUT2D eigenvalue weighted by molar-refractivity contribution is 7.11. The van der Waals surface area contributed by atoms with Gasteiger partial charge in [-0.3, -0.25) is 0 Å². The Labute approximate surface area is 86.8 Å². The van der Waals surface area contributed by atoms with Gasteiger partial charge < -0.3 is 0 Å². The Bertz CT molecular complexity index is 276. The van der Waals surface area contributed by atoms with Crippen LogP contribution in [0.15, 0.2) is 17.5 Å². The second-order valence-corrected chi connectivity index (χ2v) is 4.16. The summed E-state index contributed by atoms with van der Waals surface area (Å²) in [5.41, 5.74) is 1.22. The van der Waals surface area contributed by atoms with E-state index in [2.05, 4.69) is 13.0 Å². The van der Waals surface area contributed by atoms with E-state index in [4.69, 9.17) is 23.2 Å². The minimum atomic E-state index is 0.667. The zero-order valence-electron chi connectivity index (χ0n) is 6.81. The van der Waals surface area contributed by atoms with Gasteiger partial charge in [-0.2, -0.15) is 0 Å². The third-order valence-corrected chi connectivity index (χ3v) is 3.23. The molecular formula is C9H10Cl2S. The average molecular weight is 221 g/mol. The lowest BCUT2D eigenvalue weighted by atomic mass is 10.2. The lowest BCUT2D eigenvalue weighted by molar-refractivity contribution is 1.23. The van der Waals surface area contributed by atoms with E-state index in [0.717, 1.165) is 16.3 Å². The third-order valence-electron chi connectivity index (χ3n) is 1.53. The van der Waals surface area contributed by atoms with Crippen LogP contribution in [0.25, 0.3) is 5.57 Å². The average Bonchev–Trinajstić information content (AvgIpc) is 2.47. The smallest absolute Gasteiger partial charge is 0.0588 e. The SMILES string of the molecule is C/C(=C/CCCl)c1sccc1Cl. The summed E-state index contributed by atoms with van der Waals surface area (Å²) in [6.45, 7) is 2.06. The molecule has 0 atom stereocenters. The van der Waals surface area contributed by atoms with Crippen molar-refractivity contribution in [3.05, 3.63) is 27.4 Å². The molecule has 0 bridgehead atoms. The van der Waals surface area contributed by atoms with Crippen LogP contribution in [0, 0.1) is 0 Å². The normalized spacial score (nSPS) is 12.1. The molecule has 0 saturated heterocycles. The molecule has 1 aromatic rings. The van der Waals surface area contributed by atoms with Crippen molar-refractivity contribution in [2.45, 2.75) is 13.3 Å². The van der Waals surface area contributed by atoms with E-state index in [1.165, 1.54) is 5.57 Å². The first kappa shape index (κ1) is 10.1. The van der Waals surface area contributed by atoms with Gasteiger partial charge in [0.05, 0.1) is 5.02 Å². The van der Waals surface area contributed by atoms with Gasteiger partial charge in [0.1, 0.15) is 0 Å². The standard InChI is InChI=1S/C9H10Cl2S/c1-7(3-2-5-10)9-8(11)4-6-12-9/h3-4,6H,2,5H2,1H3/b7-3-. The third kappa shape index (κ3) is 2.51. The van der Waals surface area contributed by atoms with Crippen LogP contribution in [-0.2, 0) is 0 Å². The number of alkyl halides is 1. The molecule has 66 valence electrons. The van der Waals surface area contributed by atoms with Crippen LogP contribution in [0.3, 0.4) is 0 Å². The van der Waals surface area contributed by atoms with Crippen LogP contribution < -0.4 is 0 Å². The monoisotopic (exact) mass is 220 g/mol. The van der Waals surface area contributed by atoms with Crippen LogP contribution >= 0.6 is 34.5 Å². The molecule has 0 radical (unpaired) electrons. The second kappa shape index (κ2) is 4.90. The molecule has 3 heteroatoms. The van der Waals surface area contributed by atoms with Gasteiger partial charge in [0.25, 0.3) is 0 Å². The highest BCUT2D eigenvalue weighted by atomic mass is 35.5. The summed E-state index contributed by atoms with van der Waals surface area (Å²) in [5.74, 6) is 0.667. The summed E-state index contributed by atoms with van der Waals surface area (Å²) in [6, 6.07) is 1.92. The van der Waals surface area contributed by atoms with Crippen molar-refractivity contribution in [1.82, 2.24) is 0 Å². The minimum absolute atomic E-state index is 0.667. The first-order valence-electron chi connectivity index (χ1n) is 3.72. The maximum Gasteiger partial charge on any atom is 0.0588 e. The van der Waals surface area contributed by atoms with Gasteiger partial charge in [-0.15, -0.1) is 22.9 Å². The Kier molecular flexibility index (Phi) is 4.13. The van der Waals surface area contributed by atoms with Gasteiger partial charge in [0.15, 0.2) is 0 Å². The molecule has 1 heterocycles. The fourth-order valence-corrected chi connectivity index (χ4v) is 2.26. The Hall–Kier alpha value is 0.0200. The maximum absolute atomic E-state index is 5.95. The molecule has 12 heavy (non-hydrogen) atoms. The second-order valence-electron chi connectivity index (χ2n) is 2.46. The fraction of sp³-hybridized carbons (Fsp3) is 0.333. The van der Waals surface area contributed by atoms with E-state index >= 15 is 0 Å². The van der Waals surface area contributed by atoms with E-state index in [9.17, 15) is 0 Å². The fourth-order valence-electron chi connectivity index (χ4n) is 0.939. The molecule has 0 spiro atoms. The molecule has 0 nitrogen and oxygen atoms in total. The van der Waals surface area contributed by atoms with Crippen molar-refractivity contribution >= 4 is 40.1 Å². The van der Waals surface area contributed by atoms with Gasteiger partial charge in [-0.05, 0) is 30.4 Å². The molecule has 0 aliphatic carbocycles. The Balaban J connectivity index is 2.77. The zero-order valence-corrected chi connectivity index (χ0v) is 9.14. The lowest BCUT2D eigenvalue weighted by Crippen LogP contribution is -1.75. The topological polar surface area (TPSA) is 0 Å². The van der Waals surface area contributed by atoms with Crippen molar-refractivity contribution < 1.29 is 0 Å². The van der Waals surface area contributed by atoms with E-state index in [1.54, 1.807) is 11.3 Å². The number of halogens is 2. The first-order chi connectivity index (χ1) is 5.75. The number of hydrogen-bond donors (Lipinski definition) is 0. The molecule has 1 rings (SSSR count). The van der Waals surface area contributed by atoms with Gasteiger partial charge in [-0.1, -0.05) is 17.7 Å². The van der Waals surface area contributed by atoms with Gasteiger partial charge in [0.2, 0.25) is 0 Å². The number of hydrogen-bond acceptors (Lipinski definition) is 1. The van der Waals surface area contributed by atoms with Crippen molar-refractivity contribution in [3.8, 4) is 0 Å². The van der Waals surface area contributed by atoms with Gasteiger partial charge in [0, 0.05) is 10.8 Å². The molecule has 0 aliphatic rings. The van der Waals surface area contributed by atoms with Crippen LogP contribution in [0.5, 0.6) is 0 Å². The quantitative estimate of drug-likeness (QED) is 0.662. The van der Waals surface area contributed by atoms with E-state index in [1.807, 2.05) is 11.4 Å². The Morgan fingerprint density at radius 3 is 2.92 bits per heavy atom. The summed E-state index contributed by atoms with van der Waals surface area (Å²) in [4.78, 5) is 1.15. The molecule has 1 aromatic heterocycles. The van der Waals surface area contributed by atoms with Crippen LogP contribution in [0.1, 0.15) is 18.2 Å². The summed E-state index contributed by atoms with van der Waals surface area (Å²) in [7, 11) is 0. The molecular weight excluding hydrogens is 211 g/mol. The number of rotatable bonds is 3. The summed E-state index contributed by atoms with van der Waals surface area (Å²) < 4.78 is 0. The van der Waals surface area contributed by atoms with Crippen molar-refractivity contribution in [3.63, 3.8) is 0 Å². The molecule has 0 unspecified atom stereocenters. The predicted octanol–water partition coefficient (Wildman–Crippen LogP) is 4.43. The van der Waals surface area contributed by atoms with Crippen LogP contribution in [-0.4, -0.2) is 5.88 Å². The predicted molar refractivity (Wildman–Crippen MR) is 58.3 cm³/mol. The molecule has 0 aliphatic heterocycles. The van der Waals surface area contributed by atoms with Crippen LogP contribution in [0.4, 0.5) is 0 Å². The molecule has 0 N–H and O–H groups in total. The zero-order chi connectivity index (χ0) is 8.97. The highest BCUT2D eigenvalue weighted by Crippen LogP contribution is 2.29. The Morgan fingerprint density at radius 1 is 1.67 bits per heavy atom. The van der Waals surface area contributed by atoms with E-state index < -0.39 is 0 Å². The summed E-state index contributed by atoms with van der Waals surface area (Å²) in [5, 5.41) is 2.83. The summed E-state index contributed by atoms with van der Waals surface area (Å²) in [6.07, 6.45) is 3.02. The molecule has 0 saturated carbocycles. The Morgan fingerprint density at radius 2 is 2.42 bits per heavy atom. The van der Waals surface area contributed by atoms with Crippen molar-refractivity contribution in [2.75, 3.05) is 5.88 Å². The highest BCUT2D eigenvalue weighted by Gasteiger charge is 2.02. The number of allylic oxidation sites excluding steroid dienone is 2. The lowest BCUT2D eigenvalue weighted by Gasteiger charge is -1.96.